The van der Waals surface area contributed by atoms with Gasteiger partial charge in [0.05, 0.1) is 14.2 Å². The average molecular weight is 381 g/mol. The fourth-order valence-electron chi connectivity index (χ4n) is 2.01. The molecule has 2 aromatic rings. The van der Waals surface area contributed by atoms with Gasteiger partial charge in [-0.1, -0.05) is 18.2 Å². The maximum atomic E-state index is 13.1. The minimum Gasteiger partial charge on any atom is -0.506 e. The Morgan fingerprint density at radius 1 is 1.22 bits per heavy atom. The van der Waals surface area contributed by atoms with E-state index in [0.717, 1.165) is 0 Å². The Hall–Kier alpha value is -2.34. The van der Waals surface area contributed by atoms with Gasteiger partial charge in [-0.05, 0) is 39.7 Å². The van der Waals surface area contributed by atoms with E-state index in [9.17, 15) is 14.3 Å². The van der Waals surface area contributed by atoms with Gasteiger partial charge >= 0.3 is 0 Å². The minimum absolute atomic E-state index is 0.00664. The molecule has 1 N–H and O–H groups in total. The van der Waals surface area contributed by atoms with Crippen LogP contribution in [0.3, 0.4) is 0 Å². The van der Waals surface area contributed by atoms with Gasteiger partial charge in [-0.25, -0.2) is 4.39 Å². The van der Waals surface area contributed by atoms with Crippen molar-refractivity contribution in [3.05, 3.63) is 57.8 Å². The molecule has 0 aromatic heterocycles. The Morgan fingerprint density at radius 2 is 1.91 bits per heavy atom. The van der Waals surface area contributed by atoms with E-state index in [-0.39, 0.29) is 21.5 Å². The van der Waals surface area contributed by atoms with Crippen LogP contribution in [0.2, 0.25) is 0 Å². The quantitative estimate of drug-likeness (QED) is 0.623. The molecule has 23 heavy (non-hydrogen) atoms. The van der Waals surface area contributed by atoms with Crippen molar-refractivity contribution < 1.29 is 23.8 Å². The summed E-state index contributed by atoms with van der Waals surface area (Å²) in [6, 6.07) is 7.31. The van der Waals surface area contributed by atoms with Crippen LogP contribution in [0, 0.1) is 5.82 Å². The van der Waals surface area contributed by atoms with E-state index < -0.39 is 11.6 Å². The number of halogens is 2. The number of ketones is 1. The number of methoxy groups -OCH3 is 2. The number of ether oxygens (including phenoxy) is 2. The van der Waals surface area contributed by atoms with Gasteiger partial charge in [0.25, 0.3) is 0 Å². The van der Waals surface area contributed by atoms with Crippen LogP contribution in [0.4, 0.5) is 4.39 Å². The summed E-state index contributed by atoms with van der Waals surface area (Å²) < 4.78 is 23.6. The first kappa shape index (κ1) is 17.0. The number of aromatic hydroxyl groups is 1. The molecule has 0 radical (unpaired) electrons. The predicted molar refractivity (Wildman–Crippen MR) is 88.7 cm³/mol. The highest BCUT2D eigenvalue weighted by Gasteiger charge is 2.21. The summed E-state index contributed by atoms with van der Waals surface area (Å²) in [6.45, 7) is 0. The van der Waals surface area contributed by atoms with Gasteiger partial charge in [-0.2, -0.15) is 0 Å². The molecule has 0 aliphatic heterocycles. The molecule has 0 unspecified atom stereocenters. The summed E-state index contributed by atoms with van der Waals surface area (Å²) in [5, 5.41) is 10.2. The zero-order valence-electron chi connectivity index (χ0n) is 12.5. The molecule has 0 amide bonds. The summed E-state index contributed by atoms with van der Waals surface area (Å²) in [4.78, 5) is 12.4. The van der Waals surface area contributed by atoms with Crippen LogP contribution in [0.15, 0.2) is 40.9 Å². The minimum atomic E-state index is -0.480. The lowest BCUT2D eigenvalue weighted by Crippen LogP contribution is -2.01. The number of allylic oxidation sites excluding steroid dienone is 1. The first-order valence-electron chi connectivity index (χ1n) is 6.59. The number of carbonyl (C=O) groups excluding carboxylic acids is 1. The Labute approximate surface area is 141 Å². The van der Waals surface area contributed by atoms with E-state index in [1.807, 2.05) is 0 Å². The molecule has 4 nitrogen and oxygen atoms in total. The summed E-state index contributed by atoms with van der Waals surface area (Å²) >= 11 is 3.17. The van der Waals surface area contributed by atoms with Crippen molar-refractivity contribution in [2.45, 2.75) is 0 Å². The van der Waals surface area contributed by atoms with Gasteiger partial charge in [0.1, 0.15) is 33.1 Å². The van der Waals surface area contributed by atoms with Crippen LogP contribution in [-0.4, -0.2) is 25.1 Å². The molecule has 0 saturated carbocycles. The topological polar surface area (TPSA) is 55.8 Å². The molecular formula is C17H14BrFO4. The molecular weight excluding hydrogens is 367 g/mol. The number of phenolic OH excluding ortho intramolecular Hbond substituents is 1. The zero-order valence-corrected chi connectivity index (χ0v) is 14.1. The van der Waals surface area contributed by atoms with Gasteiger partial charge in [-0.15, -0.1) is 0 Å². The van der Waals surface area contributed by atoms with Crippen molar-refractivity contribution in [3.63, 3.8) is 0 Å². The van der Waals surface area contributed by atoms with Gasteiger partial charge in [0.15, 0.2) is 5.78 Å². The standard InChI is InChI=1S/C17H14BrFO4/c1-22-13-9-14(23-2)16(18)17(21)15(13)12(20)7-6-10-4-3-5-11(19)8-10/h3-9,21H,1-2H3/b7-6+. The number of phenols is 1. The molecule has 0 saturated heterocycles. The zero-order chi connectivity index (χ0) is 17.0. The highest BCUT2D eigenvalue weighted by molar-refractivity contribution is 9.10. The van der Waals surface area contributed by atoms with Crippen LogP contribution in [0.1, 0.15) is 15.9 Å². The van der Waals surface area contributed by atoms with Crippen molar-refractivity contribution in [3.8, 4) is 17.2 Å². The number of carbonyl (C=O) groups is 1. The van der Waals surface area contributed by atoms with Gasteiger partial charge in [0.2, 0.25) is 0 Å². The molecule has 0 aliphatic rings. The monoisotopic (exact) mass is 380 g/mol. The second-order valence-electron chi connectivity index (χ2n) is 4.57. The van der Waals surface area contributed by atoms with Gasteiger partial charge in [-0.3, -0.25) is 4.79 Å². The van der Waals surface area contributed by atoms with E-state index in [1.54, 1.807) is 12.1 Å². The number of benzene rings is 2. The third-order valence-corrected chi connectivity index (χ3v) is 3.90. The lowest BCUT2D eigenvalue weighted by atomic mass is 10.1. The number of hydrogen-bond donors (Lipinski definition) is 1. The number of hydrogen-bond acceptors (Lipinski definition) is 4. The first-order valence-corrected chi connectivity index (χ1v) is 7.38. The van der Waals surface area contributed by atoms with Crippen LogP contribution in [0.25, 0.3) is 6.08 Å². The van der Waals surface area contributed by atoms with E-state index in [4.69, 9.17) is 9.47 Å². The molecule has 120 valence electrons. The van der Waals surface area contributed by atoms with Crippen molar-refractivity contribution >= 4 is 27.8 Å². The second kappa shape index (κ2) is 7.28. The molecule has 0 spiro atoms. The summed E-state index contributed by atoms with van der Waals surface area (Å²) in [7, 11) is 2.82. The van der Waals surface area contributed by atoms with E-state index in [0.29, 0.717) is 11.3 Å². The average Bonchev–Trinajstić information content (AvgIpc) is 2.55. The maximum absolute atomic E-state index is 13.1. The number of rotatable bonds is 5. The summed E-state index contributed by atoms with van der Waals surface area (Å²) in [6.07, 6.45) is 2.70. The molecule has 0 aliphatic carbocycles. The smallest absolute Gasteiger partial charge is 0.193 e. The van der Waals surface area contributed by atoms with Crippen LogP contribution in [-0.2, 0) is 0 Å². The largest absolute Gasteiger partial charge is 0.506 e. The highest BCUT2D eigenvalue weighted by Crippen LogP contribution is 2.42. The van der Waals surface area contributed by atoms with E-state index in [1.165, 1.54) is 44.6 Å². The summed E-state index contributed by atoms with van der Waals surface area (Å²) in [5.41, 5.74) is 0.525. The molecule has 0 fully saturated rings. The SMILES string of the molecule is COc1cc(OC)c(C(=O)/C=C/c2cccc(F)c2)c(O)c1Br. The lowest BCUT2D eigenvalue weighted by Gasteiger charge is -2.13. The Kier molecular flexibility index (Phi) is 5.39. The highest BCUT2D eigenvalue weighted by atomic mass is 79.9. The summed E-state index contributed by atoms with van der Waals surface area (Å²) in [5.74, 6) is -0.643. The molecule has 0 atom stereocenters. The second-order valence-corrected chi connectivity index (χ2v) is 5.36. The molecule has 6 heteroatoms. The third-order valence-electron chi connectivity index (χ3n) is 3.13. The van der Waals surface area contributed by atoms with Crippen molar-refractivity contribution in [1.29, 1.82) is 0 Å². The van der Waals surface area contributed by atoms with Crippen molar-refractivity contribution in [2.75, 3.05) is 14.2 Å². The van der Waals surface area contributed by atoms with Crippen molar-refractivity contribution in [2.24, 2.45) is 0 Å². The van der Waals surface area contributed by atoms with E-state index in [2.05, 4.69) is 15.9 Å². The Bertz CT molecular complexity index is 771. The van der Waals surface area contributed by atoms with Crippen LogP contribution in [0.5, 0.6) is 17.2 Å². The molecule has 2 rings (SSSR count). The fraction of sp³-hybridized carbons (Fsp3) is 0.118. The normalized spacial score (nSPS) is 10.8. The lowest BCUT2D eigenvalue weighted by molar-refractivity contribution is 0.104. The third kappa shape index (κ3) is 3.71. The Balaban J connectivity index is 2.41. The fourth-order valence-corrected chi connectivity index (χ4v) is 2.49. The Morgan fingerprint density at radius 3 is 2.52 bits per heavy atom. The maximum Gasteiger partial charge on any atom is 0.193 e. The molecule has 0 bridgehead atoms. The molecule has 0 heterocycles. The molecule has 2 aromatic carbocycles. The van der Waals surface area contributed by atoms with Gasteiger partial charge in [0, 0.05) is 6.07 Å². The van der Waals surface area contributed by atoms with Gasteiger partial charge < -0.3 is 14.6 Å². The predicted octanol–water partition coefficient (Wildman–Crippen LogP) is 4.21. The van der Waals surface area contributed by atoms with Crippen molar-refractivity contribution in [1.82, 2.24) is 0 Å². The first-order chi connectivity index (χ1) is 11.0. The van der Waals surface area contributed by atoms with E-state index >= 15 is 0 Å². The van der Waals surface area contributed by atoms with Crippen LogP contribution < -0.4 is 9.47 Å². The van der Waals surface area contributed by atoms with Crippen LogP contribution >= 0.6 is 15.9 Å².